The van der Waals surface area contributed by atoms with Crippen LogP contribution in [0.5, 0.6) is 0 Å². The van der Waals surface area contributed by atoms with E-state index in [1.807, 2.05) is 0 Å². The molecule has 3 rings (SSSR count). The summed E-state index contributed by atoms with van der Waals surface area (Å²) in [5, 5.41) is 20.6. The maximum atomic E-state index is 11.8. The number of imidazole rings is 1. The molecule has 0 radical (unpaired) electrons. The highest BCUT2D eigenvalue weighted by molar-refractivity contribution is 7.66. The Hall–Kier alpha value is -0.870. The molecule has 1 saturated heterocycles. The van der Waals surface area contributed by atoms with Gasteiger partial charge in [-0.2, -0.15) is 8.62 Å². The van der Waals surface area contributed by atoms with E-state index in [1.165, 1.54) is 10.9 Å². The van der Waals surface area contributed by atoms with Crippen molar-refractivity contribution < 1.29 is 61.4 Å². The van der Waals surface area contributed by atoms with Crippen molar-refractivity contribution in [1.29, 1.82) is 0 Å². The van der Waals surface area contributed by atoms with Crippen LogP contribution >= 0.6 is 35.1 Å². The number of hydrogen-bond acceptors (Lipinski definition) is 12. The fraction of sp³-hybridized carbons (Fsp3) is 0.545. The van der Waals surface area contributed by atoms with E-state index in [-0.39, 0.29) is 22.1 Å². The summed E-state index contributed by atoms with van der Waals surface area (Å²) in [5.41, 5.74) is 0.339. The zero-order valence-corrected chi connectivity index (χ0v) is 19.1. The van der Waals surface area contributed by atoms with E-state index in [2.05, 4.69) is 28.1 Å². The van der Waals surface area contributed by atoms with Crippen molar-refractivity contribution in [2.24, 2.45) is 0 Å². The van der Waals surface area contributed by atoms with Crippen molar-refractivity contribution in [3.05, 3.63) is 17.3 Å². The molecule has 2 aromatic rings. The fourth-order valence-corrected chi connectivity index (χ4v) is 6.02. The van der Waals surface area contributed by atoms with Gasteiger partial charge in [0.2, 0.25) is 0 Å². The smallest absolute Gasteiger partial charge is 0.387 e. The molecule has 1 aliphatic rings. The molecule has 0 saturated carbocycles. The normalized spacial score (nSPS) is 28.0. The largest absolute Gasteiger partial charge is 0.490 e. The predicted octanol–water partition coefficient (Wildman–Crippen LogP) is -0.249. The first-order valence-corrected chi connectivity index (χ1v) is 13.1. The highest BCUT2D eigenvalue weighted by atomic mass is 35.5. The molecule has 32 heavy (non-hydrogen) atoms. The molecule has 6 N–H and O–H groups in total. The van der Waals surface area contributed by atoms with Gasteiger partial charge in [-0.05, 0) is 6.92 Å². The molecule has 180 valence electrons. The number of aliphatic hydroxyl groups is 2. The van der Waals surface area contributed by atoms with E-state index in [1.54, 1.807) is 6.92 Å². The number of aryl methyl sites for hydroxylation is 1. The molecule has 6 atom stereocenters. The summed E-state index contributed by atoms with van der Waals surface area (Å²) in [7, 11) is -16.7. The lowest BCUT2D eigenvalue weighted by Crippen LogP contribution is -2.33. The van der Waals surface area contributed by atoms with Gasteiger partial charge in [0.25, 0.3) is 0 Å². The Morgan fingerprint density at radius 2 is 1.75 bits per heavy atom. The molecule has 3 heterocycles. The number of nitrogens with zero attached hydrogens (tertiary/aromatic N) is 4. The number of fused-ring (bicyclic) bond motifs is 1. The molecular formula is C11H16ClN4O13P3. The molecule has 2 aromatic heterocycles. The first kappa shape index (κ1) is 25.7. The average Bonchev–Trinajstić information content (AvgIpc) is 3.12. The average molecular weight is 541 g/mol. The van der Waals surface area contributed by atoms with Crippen molar-refractivity contribution in [3.63, 3.8) is 0 Å². The van der Waals surface area contributed by atoms with Crippen LogP contribution in [0.4, 0.5) is 0 Å². The molecule has 17 nitrogen and oxygen atoms in total. The second kappa shape index (κ2) is 9.06. The third kappa shape index (κ3) is 5.97. The van der Waals surface area contributed by atoms with Crippen molar-refractivity contribution in [1.82, 2.24) is 19.5 Å². The molecule has 0 amide bonds. The van der Waals surface area contributed by atoms with Gasteiger partial charge in [-0.15, -0.1) is 0 Å². The van der Waals surface area contributed by atoms with E-state index >= 15 is 0 Å². The van der Waals surface area contributed by atoms with Gasteiger partial charge in [0, 0.05) is 0 Å². The van der Waals surface area contributed by atoms with Gasteiger partial charge in [-0.3, -0.25) is 9.09 Å². The zero-order chi connectivity index (χ0) is 24.1. The maximum Gasteiger partial charge on any atom is 0.490 e. The van der Waals surface area contributed by atoms with Crippen LogP contribution in [0, 0.1) is 6.92 Å². The van der Waals surface area contributed by atoms with Gasteiger partial charge >= 0.3 is 23.5 Å². The van der Waals surface area contributed by atoms with Crippen LogP contribution in [0.25, 0.3) is 11.2 Å². The Bertz CT molecular complexity index is 1160. The number of hydrogen-bond donors (Lipinski definition) is 6. The van der Waals surface area contributed by atoms with E-state index < -0.39 is 54.6 Å². The number of phosphoric acid groups is 3. The molecule has 21 heteroatoms. The van der Waals surface area contributed by atoms with Gasteiger partial charge in [0.05, 0.1) is 12.9 Å². The van der Waals surface area contributed by atoms with E-state index in [9.17, 15) is 28.8 Å². The minimum atomic E-state index is -5.71. The number of halogens is 1. The van der Waals surface area contributed by atoms with Crippen LogP contribution in [0.15, 0.2) is 6.33 Å². The fourth-order valence-electron chi connectivity index (χ4n) is 2.74. The first-order chi connectivity index (χ1) is 14.6. The second-order valence-electron chi connectivity index (χ2n) is 6.32. The molecule has 1 aliphatic heterocycles. The third-order valence-electron chi connectivity index (χ3n) is 3.92. The van der Waals surface area contributed by atoms with E-state index in [0.29, 0.717) is 0 Å². The van der Waals surface area contributed by atoms with Crippen molar-refractivity contribution in [3.8, 4) is 0 Å². The summed E-state index contributed by atoms with van der Waals surface area (Å²) in [6.45, 7) is 0.592. The molecular weight excluding hydrogens is 525 g/mol. The summed E-state index contributed by atoms with van der Waals surface area (Å²) in [6, 6.07) is 0. The number of rotatable bonds is 8. The Kier molecular flexibility index (Phi) is 7.29. The summed E-state index contributed by atoms with van der Waals surface area (Å²) >= 11 is 5.99. The third-order valence-corrected chi connectivity index (χ3v) is 7.99. The Morgan fingerprint density at radius 3 is 2.38 bits per heavy atom. The highest BCUT2D eigenvalue weighted by Gasteiger charge is 2.47. The molecule has 6 unspecified atom stereocenters. The Balaban J connectivity index is 1.72. The Morgan fingerprint density at radius 1 is 1.09 bits per heavy atom. The SMILES string of the molecule is Cc1nc(Cl)c2ncn(C3OC(COP(=O)(O)OP(=O)(O)OP(=O)(O)O)C(O)C3O)c2n1. The van der Waals surface area contributed by atoms with Crippen LogP contribution in [0.3, 0.4) is 0 Å². The lowest BCUT2D eigenvalue weighted by Gasteiger charge is -2.19. The zero-order valence-electron chi connectivity index (χ0n) is 15.6. The van der Waals surface area contributed by atoms with Crippen LogP contribution in [0.2, 0.25) is 5.15 Å². The van der Waals surface area contributed by atoms with Crippen LogP contribution in [0.1, 0.15) is 12.1 Å². The molecule has 0 bridgehead atoms. The second-order valence-corrected chi connectivity index (χ2v) is 11.1. The predicted molar refractivity (Wildman–Crippen MR) is 101 cm³/mol. The molecule has 0 spiro atoms. The molecule has 0 aliphatic carbocycles. The van der Waals surface area contributed by atoms with Gasteiger partial charge in [0.1, 0.15) is 29.7 Å². The monoisotopic (exact) mass is 540 g/mol. The van der Waals surface area contributed by atoms with Crippen LogP contribution in [-0.4, -0.2) is 74.2 Å². The maximum absolute atomic E-state index is 11.8. The summed E-state index contributed by atoms with van der Waals surface area (Å²) in [6.07, 6.45) is -4.83. The van der Waals surface area contributed by atoms with Gasteiger partial charge in [-0.25, -0.2) is 28.6 Å². The van der Waals surface area contributed by atoms with E-state index in [0.717, 1.165) is 0 Å². The summed E-state index contributed by atoms with van der Waals surface area (Å²) < 4.78 is 52.1. The Labute approximate surface area is 183 Å². The topological polar surface area (TPSA) is 253 Å². The van der Waals surface area contributed by atoms with Gasteiger partial charge < -0.3 is 34.5 Å². The number of aromatic nitrogens is 4. The number of aliphatic hydroxyl groups excluding tert-OH is 2. The summed E-state index contributed by atoms with van der Waals surface area (Å²) in [5.74, 6) is 0.279. The standard InChI is InChI=1S/C11H16ClN4O13P3/c1-4-14-9(12)6-10(15-4)16(3-13-6)11-8(18)7(17)5(27-11)2-26-31(22,23)29-32(24,25)28-30(19,20)21/h3,5,7-8,11,17-18H,2H2,1H3,(H,22,23)(H,24,25)(H2,19,20,21). The highest BCUT2D eigenvalue weighted by Crippen LogP contribution is 2.66. The number of phosphoric ester groups is 1. The van der Waals surface area contributed by atoms with Crippen molar-refractivity contribution >= 4 is 46.2 Å². The van der Waals surface area contributed by atoms with Crippen molar-refractivity contribution in [2.45, 2.75) is 31.5 Å². The minimum absolute atomic E-state index is 0.0310. The molecule has 1 fully saturated rings. The minimum Gasteiger partial charge on any atom is -0.387 e. The lowest BCUT2D eigenvalue weighted by molar-refractivity contribution is -0.0503. The quantitative estimate of drug-likeness (QED) is 0.186. The number of ether oxygens (including phenoxy) is 1. The van der Waals surface area contributed by atoms with Gasteiger partial charge in [-0.1, -0.05) is 11.6 Å². The summed E-state index contributed by atoms with van der Waals surface area (Å²) in [4.78, 5) is 47.7. The van der Waals surface area contributed by atoms with Gasteiger partial charge in [0.15, 0.2) is 17.0 Å². The van der Waals surface area contributed by atoms with Crippen LogP contribution < -0.4 is 0 Å². The lowest BCUT2D eigenvalue weighted by atomic mass is 10.1. The van der Waals surface area contributed by atoms with Crippen LogP contribution in [-0.2, 0) is 31.6 Å². The molecule has 0 aromatic carbocycles. The first-order valence-electron chi connectivity index (χ1n) is 8.25. The van der Waals surface area contributed by atoms with Crippen molar-refractivity contribution in [2.75, 3.05) is 6.61 Å². The van der Waals surface area contributed by atoms with E-state index in [4.69, 9.17) is 31.0 Å².